The highest BCUT2D eigenvalue weighted by Gasteiger charge is 2.28. The number of alkyl halides is 3. The molecule has 1 fully saturated rings. The van der Waals surface area contributed by atoms with Crippen LogP contribution in [0.2, 0.25) is 5.02 Å². The zero-order valence-electron chi connectivity index (χ0n) is 33.9. The number of fused-ring (bicyclic) bond motifs is 2. The monoisotopic (exact) mass is 842 g/mol. The first kappa shape index (κ1) is 42.8. The molecule has 316 valence electrons. The summed E-state index contributed by atoms with van der Waals surface area (Å²) in [6.07, 6.45) is -2.53. The summed E-state index contributed by atoms with van der Waals surface area (Å²) < 4.78 is 53.9. The number of carboxylic acid groups (broad SMARTS) is 1. The first-order valence-electron chi connectivity index (χ1n) is 20.4. The van der Waals surface area contributed by atoms with Gasteiger partial charge in [0.1, 0.15) is 11.4 Å². The molecular formula is C47H50ClF3N4O5. The van der Waals surface area contributed by atoms with Crippen LogP contribution < -0.4 is 10.1 Å². The van der Waals surface area contributed by atoms with Gasteiger partial charge in [0, 0.05) is 78.8 Å². The van der Waals surface area contributed by atoms with Crippen molar-refractivity contribution in [2.24, 2.45) is 0 Å². The van der Waals surface area contributed by atoms with Gasteiger partial charge in [-0.05, 0) is 84.7 Å². The van der Waals surface area contributed by atoms with Gasteiger partial charge in [-0.3, -0.25) is 9.69 Å². The van der Waals surface area contributed by atoms with Crippen LogP contribution in [0.25, 0.3) is 32.9 Å². The SMILES string of the molecule is Cc1cc(OCCCc2c(C(=O)O)n(CCN3CCOCC3)c3c(-c4ccccc4Cn4cc(CCNC(=O)CCC(F)(F)F)c5ccccc54)cccc23)cc(C)c1Cl. The van der Waals surface area contributed by atoms with Crippen molar-refractivity contribution >= 4 is 45.3 Å². The first-order chi connectivity index (χ1) is 28.9. The Morgan fingerprint density at radius 3 is 2.33 bits per heavy atom. The number of benzene rings is 4. The molecule has 3 heterocycles. The van der Waals surface area contributed by atoms with Crippen molar-refractivity contribution in [3.63, 3.8) is 0 Å². The van der Waals surface area contributed by atoms with E-state index in [-0.39, 0.29) is 12.2 Å². The number of morpholine rings is 1. The van der Waals surface area contributed by atoms with Gasteiger partial charge in [0.05, 0.1) is 31.8 Å². The number of amides is 1. The molecule has 0 saturated carbocycles. The fraction of sp³-hybridized carbons (Fsp3) is 0.362. The molecule has 0 unspecified atom stereocenters. The molecule has 0 aliphatic carbocycles. The zero-order chi connectivity index (χ0) is 42.4. The molecule has 13 heteroatoms. The predicted octanol–water partition coefficient (Wildman–Crippen LogP) is 9.62. The average Bonchev–Trinajstić information content (AvgIpc) is 3.75. The third kappa shape index (κ3) is 10.00. The van der Waals surface area contributed by atoms with E-state index in [0.717, 1.165) is 79.6 Å². The van der Waals surface area contributed by atoms with Crippen molar-refractivity contribution in [3.8, 4) is 16.9 Å². The fourth-order valence-corrected chi connectivity index (χ4v) is 8.46. The summed E-state index contributed by atoms with van der Waals surface area (Å²) in [6, 6.07) is 26.0. The van der Waals surface area contributed by atoms with E-state index in [4.69, 9.17) is 21.1 Å². The van der Waals surface area contributed by atoms with Crippen LogP contribution in [0.3, 0.4) is 0 Å². The second-order valence-corrected chi connectivity index (χ2v) is 15.8. The first-order valence-corrected chi connectivity index (χ1v) is 20.8. The average molecular weight is 843 g/mol. The van der Waals surface area contributed by atoms with E-state index >= 15 is 0 Å². The van der Waals surface area contributed by atoms with Crippen LogP contribution in [-0.4, -0.2) is 83.2 Å². The number of aromatic nitrogens is 2. The molecule has 4 aromatic carbocycles. The number of hydrogen-bond donors (Lipinski definition) is 2. The van der Waals surface area contributed by atoms with E-state index in [1.807, 2.05) is 85.3 Å². The Kier molecular flexibility index (Phi) is 13.5. The highest BCUT2D eigenvalue weighted by molar-refractivity contribution is 6.32. The Hall–Kier alpha value is -5.30. The van der Waals surface area contributed by atoms with Gasteiger partial charge < -0.3 is 29.0 Å². The smallest absolute Gasteiger partial charge is 0.389 e. The largest absolute Gasteiger partial charge is 0.494 e. The molecule has 1 aliphatic rings. The van der Waals surface area contributed by atoms with Crippen molar-refractivity contribution in [3.05, 3.63) is 124 Å². The second kappa shape index (κ2) is 19.0. The summed E-state index contributed by atoms with van der Waals surface area (Å²) in [5.74, 6) is -0.872. The molecule has 60 heavy (non-hydrogen) atoms. The molecule has 2 N–H and O–H groups in total. The molecule has 0 bridgehead atoms. The molecule has 2 aromatic heterocycles. The lowest BCUT2D eigenvalue weighted by Crippen LogP contribution is -2.38. The van der Waals surface area contributed by atoms with Gasteiger partial charge in [0.2, 0.25) is 5.91 Å². The van der Waals surface area contributed by atoms with Crippen LogP contribution in [0.15, 0.2) is 85.1 Å². The zero-order valence-corrected chi connectivity index (χ0v) is 34.7. The number of halogens is 4. The van der Waals surface area contributed by atoms with E-state index in [9.17, 15) is 27.9 Å². The summed E-state index contributed by atoms with van der Waals surface area (Å²) in [6.45, 7) is 9.00. The number of ether oxygens (including phenoxy) is 2. The van der Waals surface area contributed by atoms with Gasteiger partial charge in [0.15, 0.2) is 0 Å². The molecular weight excluding hydrogens is 793 g/mol. The maximum absolute atomic E-state index is 13.3. The minimum atomic E-state index is -4.38. The molecule has 0 spiro atoms. The summed E-state index contributed by atoms with van der Waals surface area (Å²) in [5.41, 5.74) is 8.70. The van der Waals surface area contributed by atoms with Gasteiger partial charge in [-0.15, -0.1) is 0 Å². The van der Waals surface area contributed by atoms with E-state index in [1.54, 1.807) is 0 Å². The Morgan fingerprint density at radius 2 is 1.58 bits per heavy atom. The number of carbonyl (C=O) groups excluding carboxylic acids is 1. The van der Waals surface area contributed by atoms with E-state index in [0.29, 0.717) is 63.7 Å². The second-order valence-electron chi connectivity index (χ2n) is 15.4. The van der Waals surface area contributed by atoms with Crippen LogP contribution >= 0.6 is 11.6 Å². The summed E-state index contributed by atoms with van der Waals surface area (Å²) >= 11 is 6.39. The maximum Gasteiger partial charge on any atom is 0.389 e. The highest BCUT2D eigenvalue weighted by Crippen LogP contribution is 2.38. The standard InChI is InChI=1S/C47H50ClF3N4O5/c1-31-27-35(28-32(2)43(31)48)60-24-8-14-40-39-13-7-12-38(44(39)55(45(40)46(57)58)21-20-53-22-25-59-26-23-53)36-10-4-3-9-33(36)29-54-30-34(37-11-5-6-15-41(37)54)17-19-52-42(56)16-18-47(49,50)51/h3-7,9-13,15,27-28,30H,8,14,16-26,29H2,1-2H3,(H,52,56)(H,57,58). The van der Waals surface area contributed by atoms with Crippen molar-refractivity contribution in [1.29, 1.82) is 0 Å². The van der Waals surface area contributed by atoms with Crippen LogP contribution in [0.5, 0.6) is 5.75 Å². The number of hydrogen-bond acceptors (Lipinski definition) is 5. The molecule has 9 nitrogen and oxygen atoms in total. The summed E-state index contributed by atoms with van der Waals surface area (Å²) in [5, 5.41) is 16.2. The summed E-state index contributed by atoms with van der Waals surface area (Å²) in [4.78, 5) is 27.8. The van der Waals surface area contributed by atoms with E-state index < -0.39 is 30.9 Å². The lowest BCUT2D eigenvalue weighted by Gasteiger charge is -2.27. The maximum atomic E-state index is 13.3. The Labute approximate surface area is 352 Å². The molecule has 1 amide bonds. The highest BCUT2D eigenvalue weighted by atomic mass is 35.5. The van der Waals surface area contributed by atoms with Crippen molar-refractivity contribution < 1.29 is 37.3 Å². The topological polar surface area (TPSA) is 98.0 Å². The van der Waals surface area contributed by atoms with Crippen LogP contribution in [0.1, 0.15) is 57.6 Å². The van der Waals surface area contributed by atoms with Gasteiger partial charge in [-0.25, -0.2) is 4.79 Å². The number of carboxylic acids is 1. The number of aromatic carboxylic acids is 1. The number of nitrogens with one attached hydrogen (secondary N) is 1. The molecule has 7 rings (SSSR count). The van der Waals surface area contributed by atoms with E-state index in [1.165, 1.54) is 0 Å². The van der Waals surface area contributed by atoms with E-state index in [2.05, 4.69) is 33.0 Å². The Bertz CT molecular complexity index is 2460. The molecule has 6 aromatic rings. The number of rotatable bonds is 17. The van der Waals surface area contributed by atoms with Crippen LogP contribution in [0, 0.1) is 13.8 Å². The molecule has 1 saturated heterocycles. The number of nitrogens with zero attached hydrogens (tertiary/aromatic N) is 3. The molecule has 0 radical (unpaired) electrons. The number of aryl methyl sites for hydroxylation is 3. The van der Waals surface area contributed by atoms with Crippen molar-refractivity contribution in [1.82, 2.24) is 19.4 Å². The van der Waals surface area contributed by atoms with Crippen LogP contribution in [0.4, 0.5) is 13.2 Å². The minimum Gasteiger partial charge on any atom is -0.494 e. The van der Waals surface area contributed by atoms with Gasteiger partial charge in [0.25, 0.3) is 0 Å². The lowest BCUT2D eigenvalue weighted by molar-refractivity contribution is -0.144. The molecule has 1 aliphatic heterocycles. The van der Waals surface area contributed by atoms with Gasteiger partial charge in [-0.1, -0.05) is 72.3 Å². The minimum absolute atomic E-state index is 0.214. The van der Waals surface area contributed by atoms with Crippen molar-refractivity contribution in [2.45, 2.75) is 65.2 Å². The lowest BCUT2D eigenvalue weighted by atomic mass is 9.96. The normalized spacial score (nSPS) is 13.6. The number of carbonyl (C=O) groups is 2. The van der Waals surface area contributed by atoms with Gasteiger partial charge in [-0.2, -0.15) is 13.2 Å². The third-order valence-electron chi connectivity index (χ3n) is 11.3. The summed E-state index contributed by atoms with van der Waals surface area (Å²) in [7, 11) is 0. The molecule has 0 atom stereocenters. The van der Waals surface area contributed by atoms with Crippen molar-refractivity contribution in [2.75, 3.05) is 46.0 Å². The quantitative estimate of drug-likeness (QED) is 0.0889. The predicted molar refractivity (Wildman–Crippen MR) is 229 cm³/mol. The third-order valence-corrected chi connectivity index (χ3v) is 11.9. The number of para-hydroxylation sites is 2. The van der Waals surface area contributed by atoms with Crippen LogP contribution in [-0.2, 0) is 35.5 Å². The van der Waals surface area contributed by atoms with Gasteiger partial charge >= 0.3 is 12.1 Å². The Morgan fingerprint density at radius 1 is 0.883 bits per heavy atom. The Balaban J connectivity index is 1.21. The fourth-order valence-electron chi connectivity index (χ4n) is 8.35.